The molecular formula is C34H42. The summed E-state index contributed by atoms with van der Waals surface area (Å²) < 4.78 is 0. The van der Waals surface area contributed by atoms with Gasteiger partial charge in [0.05, 0.1) is 0 Å². The molecule has 0 radical (unpaired) electrons. The average Bonchev–Trinajstić information content (AvgIpc) is 2.89. The molecule has 0 aliphatic heterocycles. The Balaban J connectivity index is 1.26. The van der Waals surface area contributed by atoms with E-state index in [0.717, 1.165) is 29.4 Å². The standard InChI is InChI=1S/C34H42/c1-3-5-6-7-8-9-10-28-14-19-31(20-15-28)32-21-16-29(17-22-32)11-12-30-18-24-33-25-27(4-2)13-23-34(33)26-30/h13,16-18,21-26,28,31H,3-10,14-15,19-20H2,1-2H3/t28-,31-. The van der Waals surface area contributed by atoms with Gasteiger partial charge in [-0.1, -0.05) is 107 Å². The molecule has 0 aromatic heterocycles. The van der Waals surface area contributed by atoms with Crippen molar-refractivity contribution in [1.82, 2.24) is 0 Å². The molecule has 0 N–H and O–H groups in total. The smallest absolute Gasteiger partial charge is 0.0255 e. The Hall–Kier alpha value is -2.52. The molecule has 0 unspecified atom stereocenters. The van der Waals surface area contributed by atoms with Gasteiger partial charge in [0.1, 0.15) is 0 Å². The van der Waals surface area contributed by atoms with Crippen LogP contribution in [0.3, 0.4) is 0 Å². The third-order valence-corrected chi connectivity index (χ3v) is 7.86. The first-order chi connectivity index (χ1) is 16.7. The van der Waals surface area contributed by atoms with E-state index >= 15 is 0 Å². The van der Waals surface area contributed by atoms with Gasteiger partial charge in [-0.05, 0) is 90.1 Å². The molecule has 0 bridgehead atoms. The first kappa shape index (κ1) is 24.6. The lowest BCUT2D eigenvalue weighted by molar-refractivity contribution is 0.302. The highest BCUT2D eigenvalue weighted by molar-refractivity contribution is 5.84. The Labute approximate surface area is 208 Å². The summed E-state index contributed by atoms with van der Waals surface area (Å²) in [7, 11) is 0. The van der Waals surface area contributed by atoms with E-state index < -0.39 is 0 Å². The zero-order valence-corrected chi connectivity index (χ0v) is 21.4. The van der Waals surface area contributed by atoms with E-state index in [4.69, 9.17) is 0 Å². The third kappa shape index (κ3) is 6.99. The third-order valence-electron chi connectivity index (χ3n) is 7.86. The van der Waals surface area contributed by atoms with Crippen molar-refractivity contribution >= 4 is 10.8 Å². The largest absolute Gasteiger partial charge is 0.0654 e. The minimum absolute atomic E-state index is 0.747. The molecule has 1 aliphatic carbocycles. The van der Waals surface area contributed by atoms with Gasteiger partial charge in [0, 0.05) is 11.1 Å². The van der Waals surface area contributed by atoms with Crippen molar-refractivity contribution in [3.05, 3.63) is 82.9 Å². The lowest BCUT2D eigenvalue weighted by Crippen LogP contribution is -2.13. The van der Waals surface area contributed by atoms with Crippen molar-refractivity contribution < 1.29 is 0 Å². The molecule has 3 aromatic carbocycles. The molecule has 0 saturated heterocycles. The summed E-state index contributed by atoms with van der Waals surface area (Å²) in [6.07, 6.45) is 16.6. The number of hydrogen-bond acceptors (Lipinski definition) is 0. The molecule has 0 nitrogen and oxygen atoms in total. The Morgan fingerprint density at radius 2 is 1.29 bits per heavy atom. The maximum Gasteiger partial charge on any atom is 0.0255 e. The van der Waals surface area contributed by atoms with Crippen molar-refractivity contribution in [2.24, 2.45) is 5.92 Å². The van der Waals surface area contributed by atoms with Crippen molar-refractivity contribution in [2.45, 2.75) is 96.8 Å². The summed E-state index contributed by atoms with van der Waals surface area (Å²) in [5.41, 5.74) is 5.10. The number of fused-ring (bicyclic) bond motifs is 1. The lowest BCUT2D eigenvalue weighted by Gasteiger charge is -2.29. The number of rotatable bonds is 9. The fourth-order valence-corrected chi connectivity index (χ4v) is 5.57. The fraction of sp³-hybridized carbons (Fsp3) is 0.471. The zero-order valence-electron chi connectivity index (χ0n) is 21.4. The van der Waals surface area contributed by atoms with Crippen molar-refractivity contribution in [1.29, 1.82) is 0 Å². The van der Waals surface area contributed by atoms with Crippen LogP contribution >= 0.6 is 0 Å². The molecular weight excluding hydrogens is 408 g/mol. The summed E-state index contributed by atoms with van der Waals surface area (Å²) >= 11 is 0. The SMILES string of the molecule is CCCCCCCC[C@H]1CC[C@H](c2ccc(C#Cc3ccc4cc(CC)ccc4c3)cc2)CC1. The zero-order chi connectivity index (χ0) is 23.6. The second kappa shape index (κ2) is 12.8. The number of hydrogen-bond donors (Lipinski definition) is 0. The molecule has 0 atom stereocenters. The molecule has 1 saturated carbocycles. The van der Waals surface area contributed by atoms with Gasteiger partial charge < -0.3 is 0 Å². The monoisotopic (exact) mass is 450 g/mol. The van der Waals surface area contributed by atoms with Crippen LogP contribution in [-0.2, 0) is 6.42 Å². The summed E-state index contributed by atoms with van der Waals surface area (Å²) in [6, 6.07) is 22.4. The summed E-state index contributed by atoms with van der Waals surface area (Å²) in [4.78, 5) is 0. The molecule has 3 aromatic rings. The van der Waals surface area contributed by atoms with E-state index in [-0.39, 0.29) is 0 Å². The average molecular weight is 451 g/mol. The molecule has 0 spiro atoms. The molecule has 4 rings (SSSR count). The maximum absolute atomic E-state index is 3.38. The van der Waals surface area contributed by atoms with Gasteiger partial charge in [-0.25, -0.2) is 0 Å². The van der Waals surface area contributed by atoms with E-state index in [1.165, 1.54) is 92.5 Å². The van der Waals surface area contributed by atoms with Crippen LogP contribution < -0.4 is 0 Å². The molecule has 0 heteroatoms. The second-order valence-corrected chi connectivity index (χ2v) is 10.4. The first-order valence-corrected chi connectivity index (χ1v) is 13.9. The molecule has 0 heterocycles. The highest BCUT2D eigenvalue weighted by Crippen LogP contribution is 2.37. The van der Waals surface area contributed by atoms with Crippen LogP contribution in [0, 0.1) is 17.8 Å². The van der Waals surface area contributed by atoms with Gasteiger partial charge >= 0.3 is 0 Å². The van der Waals surface area contributed by atoms with Crippen molar-refractivity contribution in [3.8, 4) is 11.8 Å². The topological polar surface area (TPSA) is 0 Å². The number of unbranched alkanes of at least 4 members (excludes halogenated alkanes) is 5. The molecule has 178 valence electrons. The van der Waals surface area contributed by atoms with Gasteiger partial charge in [0.15, 0.2) is 0 Å². The molecule has 34 heavy (non-hydrogen) atoms. The van der Waals surface area contributed by atoms with Crippen LogP contribution in [-0.4, -0.2) is 0 Å². The predicted molar refractivity (Wildman–Crippen MR) is 148 cm³/mol. The van der Waals surface area contributed by atoms with E-state index in [1.54, 1.807) is 0 Å². The number of aryl methyl sites for hydroxylation is 1. The van der Waals surface area contributed by atoms with E-state index in [9.17, 15) is 0 Å². The Morgan fingerprint density at radius 1 is 0.647 bits per heavy atom. The van der Waals surface area contributed by atoms with Crippen LogP contribution in [0.2, 0.25) is 0 Å². The highest BCUT2D eigenvalue weighted by Gasteiger charge is 2.21. The summed E-state index contributed by atoms with van der Waals surface area (Å²) in [5.74, 6) is 8.47. The molecule has 1 aliphatic rings. The van der Waals surface area contributed by atoms with E-state index in [0.29, 0.717) is 0 Å². The van der Waals surface area contributed by atoms with Crippen LogP contribution in [0.5, 0.6) is 0 Å². The predicted octanol–water partition coefficient (Wildman–Crippen LogP) is 9.83. The van der Waals surface area contributed by atoms with E-state index in [1.807, 2.05) is 0 Å². The Bertz CT molecular complexity index is 1080. The highest BCUT2D eigenvalue weighted by atomic mass is 14.3. The van der Waals surface area contributed by atoms with Crippen LogP contribution in [0.25, 0.3) is 10.8 Å². The quantitative estimate of drug-likeness (QED) is 0.225. The van der Waals surface area contributed by atoms with Gasteiger partial charge in [-0.3, -0.25) is 0 Å². The fourth-order valence-electron chi connectivity index (χ4n) is 5.57. The Morgan fingerprint density at radius 3 is 2.06 bits per heavy atom. The van der Waals surface area contributed by atoms with Gasteiger partial charge in [-0.2, -0.15) is 0 Å². The normalized spacial score (nSPS) is 17.9. The van der Waals surface area contributed by atoms with Crippen LogP contribution in [0.1, 0.15) is 113 Å². The molecule has 1 fully saturated rings. The van der Waals surface area contributed by atoms with Gasteiger partial charge in [0.25, 0.3) is 0 Å². The van der Waals surface area contributed by atoms with Crippen LogP contribution in [0.15, 0.2) is 60.7 Å². The first-order valence-electron chi connectivity index (χ1n) is 13.9. The van der Waals surface area contributed by atoms with Crippen molar-refractivity contribution in [2.75, 3.05) is 0 Å². The number of benzene rings is 3. The summed E-state index contributed by atoms with van der Waals surface area (Å²) in [5, 5.41) is 2.57. The Kier molecular flexibility index (Phi) is 9.27. The second-order valence-electron chi connectivity index (χ2n) is 10.4. The lowest BCUT2D eigenvalue weighted by atomic mass is 9.77. The minimum Gasteiger partial charge on any atom is -0.0654 e. The molecule has 0 amide bonds. The summed E-state index contributed by atoms with van der Waals surface area (Å²) in [6.45, 7) is 4.50. The van der Waals surface area contributed by atoms with Crippen LogP contribution in [0.4, 0.5) is 0 Å². The van der Waals surface area contributed by atoms with Gasteiger partial charge in [-0.15, -0.1) is 0 Å². The minimum atomic E-state index is 0.747. The van der Waals surface area contributed by atoms with Gasteiger partial charge in [0.2, 0.25) is 0 Å². The van der Waals surface area contributed by atoms with Crippen molar-refractivity contribution in [3.63, 3.8) is 0 Å². The maximum atomic E-state index is 3.38. The van der Waals surface area contributed by atoms with E-state index in [2.05, 4.69) is 86.4 Å².